The Bertz CT molecular complexity index is 444. The van der Waals surface area contributed by atoms with Gasteiger partial charge in [-0.2, -0.15) is 0 Å². The number of hydrogen-bond acceptors (Lipinski definition) is 3. The number of amides is 1. The van der Waals surface area contributed by atoms with E-state index < -0.39 is 0 Å². The molecule has 2 rings (SSSR count). The third-order valence-electron chi connectivity index (χ3n) is 4.03. The number of likely N-dealkylation sites (N-methyl/N-ethyl adjacent to an activating group) is 1. The van der Waals surface area contributed by atoms with E-state index >= 15 is 0 Å². The Balaban J connectivity index is 2.04. The molecule has 110 valence electrons. The molecule has 0 aromatic heterocycles. The summed E-state index contributed by atoms with van der Waals surface area (Å²) >= 11 is 0. The predicted molar refractivity (Wildman–Crippen MR) is 82.5 cm³/mol. The zero-order chi connectivity index (χ0) is 14.5. The van der Waals surface area contributed by atoms with Gasteiger partial charge in [0.05, 0.1) is 6.42 Å². The SMILES string of the molecule is CCC1CN(C)CCCN1C(=O)Cc1ccc(N)cc1. The number of nitrogens with zero attached hydrogens (tertiary/aromatic N) is 2. The Morgan fingerprint density at radius 2 is 2.00 bits per heavy atom. The zero-order valence-corrected chi connectivity index (χ0v) is 12.5. The number of benzene rings is 1. The minimum Gasteiger partial charge on any atom is -0.399 e. The van der Waals surface area contributed by atoms with Gasteiger partial charge >= 0.3 is 0 Å². The molecule has 4 nitrogen and oxygen atoms in total. The lowest BCUT2D eigenvalue weighted by Gasteiger charge is -2.30. The highest BCUT2D eigenvalue weighted by atomic mass is 16.2. The lowest BCUT2D eigenvalue weighted by molar-refractivity contribution is -0.132. The molecule has 1 amide bonds. The molecule has 1 aliphatic rings. The first kappa shape index (κ1) is 14.9. The van der Waals surface area contributed by atoms with Gasteiger partial charge in [-0.25, -0.2) is 0 Å². The standard InChI is InChI=1S/C16H25N3O/c1-3-15-12-18(2)9-4-10-19(15)16(20)11-13-5-7-14(17)8-6-13/h5-8,15H,3-4,9-12,17H2,1-2H3. The van der Waals surface area contributed by atoms with Crippen molar-refractivity contribution in [2.24, 2.45) is 0 Å². The second-order valence-corrected chi connectivity index (χ2v) is 5.68. The van der Waals surface area contributed by atoms with E-state index in [1.807, 2.05) is 24.3 Å². The van der Waals surface area contributed by atoms with Crippen LogP contribution < -0.4 is 5.73 Å². The molecule has 1 atom stereocenters. The van der Waals surface area contributed by atoms with Crippen LogP contribution in [0.25, 0.3) is 0 Å². The summed E-state index contributed by atoms with van der Waals surface area (Å²) in [5.74, 6) is 0.233. The van der Waals surface area contributed by atoms with Gasteiger partial charge in [0.2, 0.25) is 5.91 Å². The molecule has 0 aliphatic carbocycles. The van der Waals surface area contributed by atoms with Crippen LogP contribution in [-0.4, -0.2) is 48.4 Å². The van der Waals surface area contributed by atoms with Crippen molar-refractivity contribution in [3.8, 4) is 0 Å². The Kier molecular flexibility index (Phi) is 5.01. The quantitative estimate of drug-likeness (QED) is 0.855. The maximum Gasteiger partial charge on any atom is 0.227 e. The molecule has 1 aromatic rings. The summed E-state index contributed by atoms with van der Waals surface area (Å²) in [5, 5.41) is 0. The largest absolute Gasteiger partial charge is 0.399 e. The molecule has 4 heteroatoms. The summed E-state index contributed by atoms with van der Waals surface area (Å²) in [4.78, 5) is 17.0. The van der Waals surface area contributed by atoms with Gasteiger partial charge in [-0.15, -0.1) is 0 Å². The first-order chi connectivity index (χ1) is 9.60. The lowest BCUT2D eigenvalue weighted by atomic mass is 10.1. The molecule has 20 heavy (non-hydrogen) atoms. The van der Waals surface area contributed by atoms with Gasteiger partial charge < -0.3 is 15.5 Å². The van der Waals surface area contributed by atoms with E-state index in [4.69, 9.17) is 5.73 Å². The van der Waals surface area contributed by atoms with Gasteiger partial charge in [0.25, 0.3) is 0 Å². The molecule has 1 aliphatic heterocycles. The lowest BCUT2D eigenvalue weighted by Crippen LogP contribution is -2.44. The van der Waals surface area contributed by atoms with Crippen LogP contribution >= 0.6 is 0 Å². The highest BCUT2D eigenvalue weighted by Crippen LogP contribution is 2.15. The molecule has 1 aromatic carbocycles. The monoisotopic (exact) mass is 275 g/mol. The van der Waals surface area contributed by atoms with Gasteiger partial charge in [-0.3, -0.25) is 4.79 Å². The van der Waals surface area contributed by atoms with E-state index in [0.29, 0.717) is 12.5 Å². The second kappa shape index (κ2) is 6.75. The van der Waals surface area contributed by atoms with Gasteiger partial charge in [-0.1, -0.05) is 19.1 Å². The fraction of sp³-hybridized carbons (Fsp3) is 0.562. The molecule has 0 saturated carbocycles. The van der Waals surface area contributed by atoms with Crippen molar-refractivity contribution in [1.29, 1.82) is 0 Å². The van der Waals surface area contributed by atoms with Crippen molar-refractivity contribution in [2.45, 2.75) is 32.2 Å². The topological polar surface area (TPSA) is 49.6 Å². The maximum absolute atomic E-state index is 12.6. The number of anilines is 1. The Morgan fingerprint density at radius 1 is 1.30 bits per heavy atom. The molecule has 1 unspecified atom stereocenters. The van der Waals surface area contributed by atoms with Crippen LogP contribution in [-0.2, 0) is 11.2 Å². The van der Waals surface area contributed by atoms with Gasteiger partial charge in [0.1, 0.15) is 0 Å². The van der Waals surface area contributed by atoms with E-state index in [0.717, 1.165) is 43.7 Å². The Labute approximate surface area is 121 Å². The van der Waals surface area contributed by atoms with Crippen molar-refractivity contribution in [2.75, 3.05) is 32.4 Å². The maximum atomic E-state index is 12.6. The van der Waals surface area contributed by atoms with Crippen LogP contribution in [0.4, 0.5) is 5.69 Å². The molecule has 1 fully saturated rings. The van der Waals surface area contributed by atoms with Gasteiger partial charge in [0.15, 0.2) is 0 Å². The summed E-state index contributed by atoms with van der Waals surface area (Å²) in [6.07, 6.45) is 2.54. The van der Waals surface area contributed by atoms with Crippen LogP contribution in [0.1, 0.15) is 25.3 Å². The van der Waals surface area contributed by atoms with Crippen LogP contribution in [0.15, 0.2) is 24.3 Å². The molecule has 0 spiro atoms. The summed E-state index contributed by atoms with van der Waals surface area (Å²) < 4.78 is 0. The van der Waals surface area contributed by atoms with Gasteiger partial charge in [0, 0.05) is 24.8 Å². The highest BCUT2D eigenvalue weighted by Gasteiger charge is 2.25. The fourth-order valence-corrected chi connectivity index (χ4v) is 2.83. The minimum atomic E-state index is 0.233. The third kappa shape index (κ3) is 3.73. The number of carbonyl (C=O) groups is 1. The van der Waals surface area contributed by atoms with Crippen LogP contribution in [0, 0.1) is 0 Å². The molecule has 1 heterocycles. The molecule has 0 radical (unpaired) electrons. The Hall–Kier alpha value is -1.55. The summed E-state index contributed by atoms with van der Waals surface area (Å²) in [5.41, 5.74) is 7.46. The number of hydrogen-bond donors (Lipinski definition) is 1. The van der Waals surface area contributed by atoms with Crippen molar-refractivity contribution in [3.63, 3.8) is 0 Å². The van der Waals surface area contributed by atoms with Crippen LogP contribution in [0.5, 0.6) is 0 Å². The van der Waals surface area contributed by atoms with Crippen LogP contribution in [0.3, 0.4) is 0 Å². The van der Waals surface area contributed by atoms with Crippen molar-refractivity contribution >= 4 is 11.6 Å². The van der Waals surface area contributed by atoms with Crippen molar-refractivity contribution < 1.29 is 4.79 Å². The summed E-state index contributed by atoms with van der Waals surface area (Å²) in [7, 11) is 2.14. The van der Waals surface area contributed by atoms with Crippen molar-refractivity contribution in [1.82, 2.24) is 9.80 Å². The van der Waals surface area contributed by atoms with E-state index in [1.165, 1.54) is 0 Å². The number of carbonyl (C=O) groups excluding carboxylic acids is 1. The third-order valence-corrected chi connectivity index (χ3v) is 4.03. The van der Waals surface area contributed by atoms with E-state index in [9.17, 15) is 4.79 Å². The van der Waals surface area contributed by atoms with E-state index in [-0.39, 0.29) is 5.91 Å². The Morgan fingerprint density at radius 3 is 2.65 bits per heavy atom. The molecule has 1 saturated heterocycles. The number of nitrogens with two attached hydrogens (primary N) is 1. The predicted octanol–water partition coefficient (Wildman–Crippen LogP) is 1.75. The normalized spacial score (nSPS) is 20.7. The molecular weight excluding hydrogens is 250 g/mol. The smallest absolute Gasteiger partial charge is 0.227 e. The molecule has 0 bridgehead atoms. The summed E-state index contributed by atoms with van der Waals surface area (Å²) in [6.45, 7) is 5.08. The van der Waals surface area contributed by atoms with Gasteiger partial charge in [-0.05, 0) is 44.1 Å². The molecule has 2 N–H and O–H groups in total. The first-order valence-corrected chi connectivity index (χ1v) is 7.42. The fourth-order valence-electron chi connectivity index (χ4n) is 2.83. The number of rotatable bonds is 3. The average Bonchev–Trinajstić information content (AvgIpc) is 2.62. The average molecular weight is 275 g/mol. The highest BCUT2D eigenvalue weighted by molar-refractivity contribution is 5.79. The van der Waals surface area contributed by atoms with Crippen LogP contribution in [0.2, 0.25) is 0 Å². The van der Waals surface area contributed by atoms with E-state index in [2.05, 4.69) is 23.8 Å². The summed E-state index contributed by atoms with van der Waals surface area (Å²) in [6, 6.07) is 7.94. The van der Waals surface area contributed by atoms with Crippen molar-refractivity contribution in [3.05, 3.63) is 29.8 Å². The minimum absolute atomic E-state index is 0.233. The first-order valence-electron chi connectivity index (χ1n) is 7.42. The second-order valence-electron chi connectivity index (χ2n) is 5.68. The zero-order valence-electron chi connectivity index (χ0n) is 12.5. The number of nitrogen functional groups attached to an aromatic ring is 1. The van der Waals surface area contributed by atoms with E-state index in [1.54, 1.807) is 0 Å². The molecular formula is C16H25N3O.